The summed E-state index contributed by atoms with van der Waals surface area (Å²) >= 11 is 1.55. The summed E-state index contributed by atoms with van der Waals surface area (Å²) in [5.41, 5.74) is 2.83. The summed E-state index contributed by atoms with van der Waals surface area (Å²) in [5.74, 6) is 0.786. The number of carbonyl (C=O) groups is 1. The number of thiophene rings is 1. The van der Waals surface area contributed by atoms with E-state index < -0.39 is 0 Å². The lowest BCUT2D eigenvalue weighted by Crippen LogP contribution is -2.35. The molecule has 22 heavy (non-hydrogen) atoms. The van der Waals surface area contributed by atoms with Crippen molar-refractivity contribution in [2.45, 2.75) is 13.0 Å². The average molecular weight is 318 g/mol. The van der Waals surface area contributed by atoms with Gasteiger partial charge >= 0.3 is 0 Å². The van der Waals surface area contributed by atoms with Crippen LogP contribution in [0.25, 0.3) is 0 Å². The maximum Gasteiger partial charge on any atom is 0.252 e. The second kappa shape index (κ2) is 7.42. The van der Waals surface area contributed by atoms with Crippen LogP contribution in [-0.4, -0.2) is 38.6 Å². The van der Waals surface area contributed by atoms with Crippen LogP contribution in [0, 0.1) is 6.92 Å². The van der Waals surface area contributed by atoms with Gasteiger partial charge in [0.1, 0.15) is 5.75 Å². The lowest BCUT2D eigenvalue weighted by molar-refractivity contribution is 0.0930. The predicted molar refractivity (Wildman–Crippen MR) is 90.8 cm³/mol. The average Bonchev–Trinajstić information content (AvgIpc) is 2.92. The molecule has 0 aliphatic heterocycles. The minimum absolute atomic E-state index is 0.0265. The second-order valence-electron chi connectivity index (χ2n) is 5.53. The quantitative estimate of drug-likeness (QED) is 0.890. The zero-order chi connectivity index (χ0) is 16.1. The van der Waals surface area contributed by atoms with E-state index >= 15 is 0 Å². The maximum atomic E-state index is 12.5. The molecule has 0 bridgehead atoms. The van der Waals surface area contributed by atoms with Crippen molar-refractivity contribution in [2.75, 3.05) is 27.7 Å². The number of rotatable bonds is 6. The lowest BCUT2D eigenvalue weighted by atomic mass is 10.1. The largest absolute Gasteiger partial charge is 0.497 e. The van der Waals surface area contributed by atoms with E-state index in [2.05, 4.69) is 10.2 Å². The monoisotopic (exact) mass is 318 g/mol. The lowest BCUT2D eigenvalue weighted by Gasteiger charge is -2.23. The molecule has 0 aliphatic carbocycles. The van der Waals surface area contributed by atoms with E-state index in [0.29, 0.717) is 0 Å². The number of hydrogen-bond acceptors (Lipinski definition) is 4. The van der Waals surface area contributed by atoms with Crippen molar-refractivity contribution in [3.05, 3.63) is 51.7 Å². The fourth-order valence-corrected chi connectivity index (χ4v) is 3.09. The molecule has 5 heteroatoms. The van der Waals surface area contributed by atoms with E-state index in [0.717, 1.165) is 29.0 Å². The molecule has 1 aromatic heterocycles. The van der Waals surface area contributed by atoms with Gasteiger partial charge in [-0.3, -0.25) is 4.79 Å². The minimum atomic E-state index is -0.0623. The van der Waals surface area contributed by atoms with E-state index in [4.69, 9.17) is 4.74 Å². The van der Waals surface area contributed by atoms with Gasteiger partial charge in [-0.05, 0) is 49.7 Å². The molecule has 0 saturated carbocycles. The standard InChI is InChI=1S/C17H22N2O2S/c1-12-10-22-11-15(12)17(20)18-16(9-19(2)3)13-5-7-14(21-4)8-6-13/h5-8,10-11,16H,9H2,1-4H3,(H,18,20)/t16-/m0/s1. The molecule has 0 radical (unpaired) electrons. The fraction of sp³-hybridized carbons (Fsp3) is 0.353. The molecule has 1 aromatic carbocycles. The Labute approximate surface area is 135 Å². The van der Waals surface area contributed by atoms with E-state index in [1.54, 1.807) is 18.4 Å². The van der Waals surface area contributed by atoms with Crippen LogP contribution in [0.4, 0.5) is 0 Å². The summed E-state index contributed by atoms with van der Waals surface area (Å²) in [5, 5.41) is 7.01. The Kier molecular flexibility index (Phi) is 5.57. The smallest absolute Gasteiger partial charge is 0.252 e. The van der Waals surface area contributed by atoms with Crippen LogP contribution in [0.3, 0.4) is 0 Å². The number of nitrogens with zero attached hydrogens (tertiary/aromatic N) is 1. The molecule has 118 valence electrons. The molecule has 2 rings (SSSR count). The highest BCUT2D eigenvalue weighted by molar-refractivity contribution is 7.08. The molecule has 1 atom stereocenters. The predicted octanol–water partition coefficient (Wildman–Crippen LogP) is 3.10. The highest BCUT2D eigenvalue weighted by Crippen LogP contribution is 2.20. The molecule has 1 amide bonds. The number of nitrogens with one attached hydrogen (secondary N) is 1. The van der Waals surface area contributed by atoms with Crippen LogP contribution in [-0.2, 0) is 0 Å². The molecule has 1 N–H and O–H groups in total. The fourth-order valence-electron chi connectivity index (χ4n) is 2.26. The van der Waals surface area contributed by atoms with Gasteiger partial charge < -0.3 is 15.0 Å². The van der Waals surface area contributed by atoms with Crippen molar-refractivity contribution in [1.29, 1.82) is 0 Å². The minimum Gasteiger partial charge on any atom is -0.497 e. The van der Waals surface area contributed by atoms with E-state index in [-0.39, 0.29) is 11.9 Å². The molecule has 0 aliphatic rings. The van der Waals surface area contributed by atoms with E-state index in [1.165, 1.54) is 0 Å². The molecule has 0 fully saturated rings. The van der Waals surface area contributed by atoms with Gasteiger partial charge in [-0.15, -0.1) is 0 Å². The first kappa shape index (κ1) is 16.5. The Hall–Kier alpha value is -1.85. The van der Waals surface area contributed by atoms with Crippen LogP contribution < -0.4 is 10.1 Å². The Morgan fingerprint density at radius 1 is 1.27 bits per heavy atom. The first-order chi connectivity index (χ1) is 10.5. The number of aryl methyl sites for hydroxylation is 1. The SMILES string of the molecule is COc1ccc([C@H](CN(C)C)NC(=O)c2cscc2C)cc1. The third kappa shape index (κ3) is 4.08. The number of methoxy groups -OCH3 is 1. The number of ether oxygens (including phenoxy) is 1. The topological polar surface area (TPSA) is 41.6 Å². The number of carbonyl (C=O) groups excluding carboxylic acids is 1. The Morgan fingerprint density at radius 2 is 1.95 bits per heavy atom. The third-order valence-electron chi connectivity index (χ3n) is 3.47. The summed E-state index contributed by atoms with van der Waals surface area (Å²) in [6, 6.07) is 7.76. The van der Waals surface area contributed by atoms with Gasteiger partial charge in [0.05, 0.1) is 18.7 Å². The third-order valence-corrected chi connectivity index (χ3v) is 4.33. The normalized spacial score (nSPS) is 12.2. The highest BCUT2D eigenvalue weighted by atomic mass is 32.1. The van der Waals surface area contributed by atoms with Gasteiger partial charge in [-0.2, -0.15) is 11.3 Å². The van der Waals surface area contributed by atoms with Crippen molar-refractivity contribution < 1.29 is 9.53 Å². The van der Waals surface area contributed by atoms with Gasteiger partial charge in [-0.1, -0.05) is 12.1 Å². The summed E-state index contributed by atoms with van der Waals surface area (Å²) in [6.45, 7) is 2.70. The van der Waals surface area contributed by atoms with Gasteiger partial charge in [0, 0.05) is 11.9 Å². The summed E-state index contributed by atoms with van der Waals surface area (Å²) in [6.07, 6.45) is 0. The molecule has 0 saturated heterocycles. The zero-order valence-electron chi connectivity index (χ0n) is 13.4. The zero-order valence-corrected chi connectivity index (χ0v) is 14.2. The van der Waals surface area contributed by atoms with Crippen LogP contribution in [0.15, 0.2) is 35.0 Å². The summed E-state index contributed by atoms with van der Waals surface area (Å²) in [7, 11) is 5.64. The molecule has 1 heterocycles. The van der Waals surface area contributed by atoms with Gasteiger partial charge in [0.2, 0.25) is 0 Å². The van der Waals surface area contributed by atoms with E-state index in [9.17, 15) is 4.79 Å². The van der Waals surface area contributed by atoms with Crippen LogP contribution in [0.1, 0.15) is 27.5 Å². The van der Waals surface area contributed by atoms with Crippen molar-refractivity contribution in [1.82, 2.24) is 10.2 Å². The second-order valence-corrected chi connectivity index (χ2v) is 6.27. The summed E-state index contributed by atoms with van der Waals surface area (Å²) in [4.78, 5) is 14.5. The first-order valence-corrected chi connectivity index (χ1v) is 8.08. The molecular weight excluding hydrogens is 296 g/mol. The molecular formula is C17H22N2O2S. The Bertz CT molecular complexity index is 620. The van der Waals surface area contributed by atoms with E-state index in [1.807, 2.05) is 56.0 Å². The molecule has 2 aromatic rings. The first-order valence-electron chi connectivity index (χ1n) is 7.13. The van der Waals surface area contributed by atoms with Crippen LogP contribution in [0.2, 0.25) is 0 Å². The maximum absolute atomic E-state index is 12.5. The highest BCUT2D eigenvalue weighted by Gasteiger charge is 2.18. The van der Waals surface area contributed by atoms with Crippen molar-refractivity contribution in [3.63, 3.8) is 0 Å². The molecule has 0 unspecified atom stereocenters. The molecule has 0 spiro atoms. The molecule has 4 nitrogen and oxygen atoms in total. The number of benzene rings is 1. The van der Waals surface area contributed by atoms with Crippen LogP contribution in [0.5, 0.6) is 5.75 Å². The van der Waals surface area contributed by atoms with Crippen molar-refractivity contribution >= 4 is 17.2 Å². The Balaban J connectivity index is 2.18. The number of hydrogen-bond donors (Lipinski definition) is 1. The van der Waals surface area contributed by atoms with Gasteiger partial charge in [-0.25, -0.2) is 0 Å². The van der Waals surface area contributed by atoms with Gasteiger partial charge in [0.15, 0.2) is 0 Å². The van der Waals surface area contributed by atoms with Crippen molar-refractivity contribution in [3.8, 4) is 5.75 Å². The van der Waals surface area contributed by atoms with Crippen LogP contribution >= 0.6 is 11.3 Å². The van der Waals surface area contributed by atoms with Crippen molar-refractivity contribution in [2.24, 2.45) is 0 Å². The number of amides is 1. The summed E-state index contributed by atoms with van der Waals surface area (Å²) < 4.78 is 5.19. The van der Waals surface area contributed by atoms with Gasteiger partial charge in [0.25, 0.3) is 5.91 Å². The number of likely N-dealkylation sites (N-methyl/N-ethyl adjacent to an activating group) is 1. The Morgan fingerprint density at radius 3 is 2.45 bits per heavy atom.